The van der Waals surface area contributed by atoms with Crippen molar-refractivity contribution in [3.8, 4) is 0 Å². The van der Waals surface area contributed by atoms with E-state index in [0.717, 1.165) is 26.1 Å². The van der Waals surface area contributed by atoms with E-state index in [2.05, 4.69) is 15.5 Å². The minimum atomic E-state index is 0.0168. The molecule has 0 aliphatic carbocycles. The second-order valence-corrected chi connectivity index (χ2v) is 4.52. The lowest BCUT2D eigenvalue weighted by molar-refractivity contribution is -0.126. The first kappa shape index (κ1) is 10.9. The Morgan fingerprint density at radius 1 is 1.27 bits per heavy atom. The first-order valence-electron chi connectivity index (χ1n) is 6.06. The zero-order chi connectivity index (χ0) is 10.7. The van der Waals surface area contributed by atoms with Gasteiger partial charge in [0, 0.05) is 13.1 Å². The van der Waals surface area contributed by atoms with Gasteiger partial charge in [0.15, 0.2) is 0 Å². The molecule has 2 rings (SSSR count). The van der Waals surface area contributed by atoms with Crippen molar-refractivity contribution in [2.24, 2.45) is 0 Å². The first-order valence-corrected chi connectivity index (χ1v) is 6.06. The fourth-order valence-electron chi connectivity index (χ4n) is 2.51. The molecule has 15 heavy (non-hydrogen) atoms. The van der Waals surface area contributed by atoms with E-state index in [1.807, 2.05) is 6.92 Å². The molecule has 2 heterocycles. The molecule has 2 aliphatic rings. The third-order valence-electron chi connectivity index (χ3n) is 3.45. The Bertz CT molecular complexity index is 226. The van der Waals surface area contributed by atoms with Crippen LogP contribution in [0.15, 0.2) is 0 Å². The lowest BCUT2D eigenvalue weighted by Gasteiger charge is -2.37. The van der Waals surface area contributed by atoms with Crippen LogP contribution in [0.2, 0.25) is 0 Å². The molecule has 2 atom stereocenters. The summed E-state index contributed by atoms with van der Waals surface area (Å²) in [6, 6.07) is 0.0168. The van der Waals surface area contributed by atoms with Gasteiger partial charge in [-0.05, 0) is 39.2 Å². The summed E-state index contributed by atoms with van der Waals surface area (Å²) in [6.07, 6.45) is 5.21. The monoisotopic (exact) mass is 211 g/mol. The zero-order valence-electron chi connectivity index (χ0n) is 9.46. The van der Waals surface area contributed by atoms with E-state index >= 15 is 0 Å². The second-order valence-electron chi connectivity index (χ2n) is 4.52. The molecule has 0 aromatic rings. The van der Waals surface area contributed by atoms with Gasteiger partial charge < -0.3 is 10.6 Å². The van der Waals surface area contributed by atoms with E-state index < -0.39 is 0 Å². The van der Waals surface area contributed by atoms with Crippen molar-refractivity contribution in [1.82, 2.24) is 15.5 Å². The molecule has 1 amide bonds. The van der Waals surface area contributed by atoms with Crippen molar-refractivity contribution in [3.63, 3.8) is 0 Å². The summed E-state index contributed by atoms with van der Waals surface area (Å²) in [5.74, 6) is 0.180. The highest BCUT2D eigenvalue weighted by Gasteiger charge is 2.30. The quantitative estimate of drug-likeness (QED) is 0.655. The molecule has 2 N–H and O–H groups in total. The lowest BCUT2D eigenvalue weighted by atomic mass is 10.1. The number of nitrogens with zero attached hydrogens (tertiary/aromatic N) is 1. The standard InChI is InChI=1S/C11H21N3O/c1-9-11(15)13-7-4-8-14(9)10-5-2-3-6-12-10/h9-10,12H,2-8H2,1H3,(H,13,15). The Morgan fingerprint density at radius 2 is 2.13 bits per heavy atom. The van der Waals surface area contributed by atoms with E-state index in [1.165, 1.54) is 19.3 Å². The normalized spacial score (nSPS) is 34.6. The summed E-state index contributed by atoms with van der Waals surface area (Å²) in [5, 5.41) is 6.47. The number of piperidine rings is 1. The summed E-state index contributed by atoms with van der Waals surface area (Å²) in [4.78, 5) is 14.0. The molecule has 2 aliphatic heterocycles. The van der Waals surface area contributed by atoms with E-state index in [9.17, 15) is 4.79 Å². The summed E-state index contributed by atoms with van der Waals surface area (Å²) < 4.78 is 0. The maximum Gasteiger partial charge on any atom is 0.237 e. The van der Waals surface area contributed by atoms with Crippen molar-refractivity contribution < 1.29 is 4.79 Å². The van der Waals surface area contributed by atoms with Crippen LogP contribution in [0.1, 0.15) is 32.6 Å². The van der Waals surface area contributed by atoms with E-state index in [-0.39, 0.29) is 11.9 Å². The predicted octanol–water partition coefficient (Wildman–Crippen LogP) is 0.296. The molecule has 2 fully saturated rings. The van der Waals surface area contributed by atoms with Gasteiger partial charge in [-0.2, -0.15) is 0 Å². The average molecular weight is 211 g/mol. The molecule has 86 valence electrons. The first-order chi connectivity index (χ1) is 7.29. The van der Waals surface area contributed by atoms with Crippen LogP contribution in [0.4, 0.5) is 0 Å². The number of carbonyl (C=O) groups excluding carboxylic acids is 1. The van der Waals surface area contributed by atoms with Crippen LogP contribution in [0.5, 0.6) is 0 Å². The average Bonchev–Trinajstić information content (AvgIpc) is 2.44. The molecule has 4 heteroatoms. The molecular weight excluding hydrogens is 190 g/mol. The van der Waals surface area contributed by atoms with Gasteiger partial charge in [-0.25, -0.2) is 0 Å². The zero-order valence-corrected chi connectivity index (χ0v) is 9.46. The van der Waals surface area contributed by atoms with Crippen LogP contribution in [0.25, 0.3) is 0 Å². The van der Waals surface area contributed by atoms with Crippen LogP contribution in [0, 0.1) is 0 Å². The van der Waals surface area contributed by atoms with Crippen LogP contribution < -0.4 is 10.6 Å². The van der Waals surface area contributed by atoms with Gasteiger partial charge in [-0.15, -0.1) is 0 Å². The number of hydrogen-bond donors (Lipinski definition) is 2. The maximum absolute atomic E-state index is 11.7. The molecular formula is C11H21N3O. The van der Waals surface area contributed by atoms with Crippen molar-refractivity contribution in [1.29, 1.82) is 0 Å². The number of hydrogen-bond acceptors (Lipinski definition) is 3. The van der Waals surface area contributed by atoms with Crippen molar-refractivity contribution >= 4 is 5.91 Å². The number of carbonyl (C=O) groups is 1. The van der Waals surface area contributed by atoms with Crippen molar-refractivity contribution in [2.45, 2.75) is 44.8 Å². The van der Waals surface area contributed by atoms with Gasteiger partial charge in [0.05, 0.1) is 12.2 Å². The molecule has 0 spiro atoms. The third kappa shape index (κ3) is 2.49. The van der Waals surface area contributed by atoms with Crippen LogP contribution in [0.3, 0.4) is 0 Å². The molecule has 4 nitrogen and oxygen atoms in total. The maximum atomic E-state index is 11.7. The molecule has 0 bridgehead atoms. The van der Waals surface area contributed by atoms with Gasteiger partial charge >= 0.3 is 0 Å². The highest BCUT2D eigenvalue weighted by molar-refractivity contribution is 5.81. The molecule has 0 saturated carbocycles. The Labute approximate surface area is 91.4 Å². The largest absolute Gasteiger partial charge is 0.355 e. The Morgan fingerprint density at radius 3 is 2.87 bits per heavy atom. The van der Waals surface area contributed by atoms with Gasteiger partial charge in [0.25, 0.3) is 0 Å². The van der Waals surface area contributed by atoms with Gasteiger partial charge in [0.2, 0.25) is 5.91 Å². The fraction of sp³-hybridized carbons (Fsp3) is 0.909. The number of rotatable bonds is 1. The fourth-order valence-corrected chi connectivity index (χ4v) is 2.51. The molecule has 2 unspecified atom stereocenters. The van der Waals surface area contributed by atoms with Crippen LogP contribution >= 0.6 is 0 Å². The Hall–Kier alpha value is -0.610. The Kier molecular flexibility index (Phi) is 3.59. The smallest absolute Gasteiger partial charge is 0.237 e. The SMILES string of the molecule is CC1C(=O)NCCCN1C1CCCCN1. The number of amides is 1. The third-order valence-corrected chi connectivity index (χ3v) is 3.45. The van der Waals surface area contributed by atoms with E-state index in [0.29, 0.717) is 6.17 Å². The minimum absolute atomic E-state index is 0.0168. The highest BCUT2D eigenvalue weighted by atomic mass is 16.2. The molecule has 2 saturated heterocycles. The van der Waals surface area contributed by atoms with Crippen molar-refractivity contribution in [3.05, 3.63) is 0 Å². The lowest BCUT2D eigenvalue weighted by Crippen LogP contribution is -2.54. The van der Waals surface area contributed by atoms with Crippen LogP contribution in [-0.2, 0) is 4.79 Å². The minimum Gasteiger partial charge on any atom is -0.355 e. The highest BCUT2D eigenvalue weighted by Crippen LogP contribution is 2.16. The van der Waals surface area contributed by atoms with Gasteiger partial charge in [-0.3, -0.25) is 9.69 Å². The van der Waals surface area contributed by atoms with Gasteiger partial charge in [-0.1, -0.05) is 0 Å². The van der Waals surface area contributed by atoms with Crippen LogP contribution in [-0.4, -0.2) is 42.6 Å². The summed E-state index contributed by atoms with van der Waals surface area (Å²) >= 11 is 0. The Balaban J connectivity index is 2.00. The molecule has 0 aromatic heterocycles. The second kappa shape index (κ2) is 4.94. The number of nitrogens with one attached hydrogen (secondary N) is 2. The summed E-state index contributed by atoms with van der Waals surface area (Å²) in [5.41, 5.74) is 0. The molecule has 0 aromatic carbocycles. The van der Waals surface area contributed by atoms with Crippen molar-refractivity contribution in [2.75, 3.05) is 19.6 Å². The molecule has 0 radical (unpaired) electrons. The van der Waals surface area contributed by atoms with Gasteiger partial charge in [0.1, 0.15) is 0 Å². The van der Waals surface area contributed by atoms with E-state index in [4.69, 9.17) is 0 Å². The van der Waals surface area contributed by atoms with E-state index in [1.54, 1.807) is 0 Å². The topological polar surface area (TPSA) is 44.4 Å². The summed E-state index contributed by atoms with van der Waals surface area (Å²) in [7, 11) is 0. The summed E-state index contributed by atoms with van der Waals surface area (Å²) in [6.45, 7) is 4.95. The predicted molar refractivity (Wildman–Crippen MR) is 59.4 cm³/mol.